The number of hydrogen-bond acceptors (Lipinski definition) is 3. The first-order valence-electron chi connectivity index (χ1n) is 9.40. The fraction of sp³-hybridized carbons (Fsp3) is 0.286. The fourth-order valence-electron chi connectivity index (χ4n) is 3.29. The van der Waals surface area contributed by atoms with Crippen molar-refractivity contribution in [3.63, 3.8) is 0 Å². The molecular weight excluding hydrogens is 356 g/mol. The Morgan fingerprint density at radius 3 is 2.29 bits per heavy atom. The Hall–Kier alpha value is -3.35. The molecule has 0 radical (unpaired) electrons. The average Bonchev–Trinajstić information content (AvgIpc) is 2.98. The van der Waals surface area contributed by atoms with Crippen molar-refractivity contribution in [3.8, 4) is 0 Å². The van der Waals surface area contributed by atoms with Crippen molar-refractivity contribution in [1.29, 1.82) is 0 Å². The molecule has 0 saturated carbocycles. The van der Waals surface area contributed by atoms with Gasteiger partial charge in [0.05, 0.1) is 11.0 Å². The summed E-state index contributed by atoms with van der Waals surface area (Å²) in [6, 6.07) is 14.1. The van der Waals surface area contributed by atoms with Crippen LogP contribution in [-0.2, 0) is 11.3 Å². The lowest BCUT2D eigenvalue weighted by atomic mass is 10.1. The van der Waals surface area contributed by atoms with Gasteiger partial charge in [-0.25, -0.2) is 14.2 Å². The van der Waals surface area contributed by atoms with Crippen LogP contribution in [0.15, 0.2) is 59.4 Å². The number of aromatic nitrogens is 2. The maximum absolute atomic E-state index is 13.0. The van der Waals surface area contributed by atoms with E-state index in [0.717, 1.165) is 23.8 Å². The summed E-state index contributed by atoms with van der Waals surface area (Å²) in [6.07, 6.45) is 2.88. The zero-order chi connectivity index (χ0) is 20.1. The molecule has 0 aliphatic carbocycles. The molecule has 0 bridgehead atoms. The summed E-state index contributed by atoms with van der Waals surface area (Å²) >= 11 is 0. The van der Waals surface area contributed by atoms with Gasteiger partial charge in [0, 0.05) is 6.54 Å². The second-order valence-corrected chi connectivity index (χ2v) is 6.66. The third-order valence-corrected chi connectivity index (χ3v) is 4.71. The molecule has 7 nitrogen and oxygen atoms in total. The van der Waals surface area contributed by atoms with Crippen LogP contribution in [-0.4, -0.2) is 21.1 Å². The molecule has 0 aliphatic heterocycles. The number of aryl methyl sites for hydroxylation is 1. The lowest BCUT2D eigenvalue weighted by molar-refractivity contribution is -0.119. The molecule has 146 valence electrons. The summed E-state index contributed by atoms with van der Waals surface area (Å²) in [5, 5.41) is 2.60. The Morgan fingerprint density at radius 2 is 1.64 bits per heavy atom. The normalized spacial score (nSPS) is 12.0. The van der Waals surface area contributed by atoms with E-state index in [4.69, 9.17) is 5.73 Å². The smallest absolute Gasteiger partial charge is 0.337 e. The first kappa shape index (κ1) is 19.4. The largest absolute Gasteiger partial charge is 0.368 e. The minimum absolute atomic E-state index is 0.425. The molecule has 2 aromatic carbocycles. The van der Waals surface area contributed by atoms with Gasteiger partial charge in [-0.3, -0.25) is 9.36 Å². The SMILES string of the molecule is CCCCCn1c(=O)n(C(=O)N[C@H](C(N)=O)c2ccccc2)c2ccccc21. The summed E-state index contributed by atoms with van der Waals surface area (Å²) in [4.78, 5) is 37.8. The molecule has 7 heteroatoms. The van der Waals surface area contributed by atoms with Gasteiger partial charge in [0.1, 0.15) is 6.04 Å². The molecular formula is C21H24N4O3. The van der Waals surface area contributed by atoms with Gasteiger partial charge in [-0.05, 0) is 24.1 Å². The van der Waals surface area contributed by atoms with E-state index >= 15 is 0 Å². The van der Waals surface area contributed by atoms with Gasteiger partial charge in [-0.2, -0.15) is 0 Å². The number of carbonyl (C=O) groups excluding carboxylic acids is 2. The Balaban J connectivity index is 1.98. The Labute approximate surface area is 162 Å². The van der Waals surface area contributed by atoms with Crippen molar-refractivity contribution in [2.75, 3.05) is 0 Å². The van der Waals surface area contributed by atoms with Crippen LogP contribution in [0.5, 0.6) is 0 Å². The molecule has 0 aliphatic rings. The maximum atomic E-state index is 13.0. The van der Waals surface area contributed by atoms with Crippen LogP contribution >= 0.6 is 0 Å². The zero-order valence-corrected chi connectivity index (χ0v) is 15.8. The minimum Gasteiger partial charge on any atom is -0.368 e. The number of nitrogens with zero attached hydrogens (tertiary/aromatic N) is 2. The molecule has 3 rings (SSSR count). The molecule has 2 amide bonds. The lowest BCUT2D eigenvalue weighted by Gasteiger charge is -2.16. The van der Waals surface area contributed by atoms with E-state index in [1.807, 2.05) is 12.1 Å². The number of amides is 2. The standard InChI is InChI=1S/C21H24N4O3/c1-2-3-9-14-24-16-12-7-8-13-17(16)25(21(24)28)20(27)23-18(19(22)26)15-10-5-4-6-11-15/h4-8,10-13,18H,2-3,9,14H2,1H3,(H2,22,26)(H,23,27)/t18-/m0/s1. The summed E-state index contributed by atoms with van der Waals surface area (Å²) in [7, 11) is 0. The zero-order valence-electron chi connectivity index (χ0n) is 15.8. The molecule has 3 aromatic rings. The van der Waals surface area contributed by atoms with Gasteiger partial charge in [-0.15, -0.1) is 0 Å². The highest BCUT2D eigenvalue weighted by molar-refractivity contribution is 5.92. The van der Waals surface area contributed by atoms with Crippen LogP contribution in [0, 0.1) is 0 Å². The van der Waals surface area contributed by atoms with E-state index in [2.05, 4.69) is 12.2 Å². The van der Waals surface area contributed by atoms with E-state index in [9.17, 15) is 14.4 Å². The van der Waals surface area contributed by atoms with E-state index in [-0.39, 0.29) is 0 Å². The lowest BCUT2D eigenvalue weighted by Crippen LogP contribution is -2.43. The Morgan fingerprint density at radius 1 is 1.00 bits per heavy atom. The average molecular weight is 380 g/mol. The number of primary amides is 1. The number of nitrogens with two attached hydrogens (primary N) is 1. The van der Waals surface area contributed by atoms with Gasteiger partial charge < -0.3 is 11.1 Å². The molecule has 1 aromatic heterocycles. The summed E-state index contributed by atoms with van der Waals surface area (Å²) < 4.78 is 2.67. The molecule has 28 heavy (non-hydrogen) atoms. The number of benzene rings is 2. The number of unbranched alkanes of at least 4 members (excludes halogenated alkanes) is 2. The highest BCUT2D eigenvalue weighted by atomic mass is 16.2. The molecule has 0 spiro atoms. The second-order valence-electron chi connectivity index (χ2n) is 6.66. The van der Waals surface area contributed by atoms with Gasteiger partial charge in [0.25, 0.3) is 0 Å². The molecule has 0 saturated heterocycles. The topological polar surface area (TPSA) is 99.1 Å². The first-order chi connectivity index (χ1) is 13.5. The maximum Gasteiger partial charge on any atom is 0.337 e. The van der Waals surface area contributed by atoms with E-state index in [1.165, 1.54) is 0 Å². The Bertz CT molecular complexity index is 1040. The monoisotopic (exact) mass is 380 g/mol. The predicted molar refractivity (Wildman–Crippen MR) is 108 cm³/mol. The highest BCUT2D eigenvalue weighted by Gasteiger charge is 2.24. The van der Waals surface area contributed by atoms with Crippen LogP contribution < -0.4 is 16.7 Å². The second kappa shape index (κ2) is 8.56. The third kappa shape index (κ3) is 3.83. The third-order valence-electron chi connectivity index (χ3n) is 4.71. The number of rotatable bonds is 7. The highest BCUT2D eigenvalue weighted by Crippen LogP contribution is 2.16. The van der Waals surface area contributed by atoms with Crippen LogP contribution in [0.1, 0.15) is 37.8 Å². The van der Waals surface area contributed by atoms with Crippen molar-refractivity contribution < 1.29 is 9.59 Å². The van der Waals surface area contributed by atoms with Crippen LogP contribution in [0.3, 0.4) is 0 Å². The minimum atomic E-state index is -1.03. The van der Waals surface area contributed by atoms with E-state index < -0.39 is 23.7 Å². The fourth-order valence-corrected chi connectivity index (χ4v) is 3.29. The van der Waals surface area contributed by atoms with Crippen molar-refractivity contribution in [3.05, 3.63) is 70.6 Å². The quantitative estimate of drug-likeness (QED) is 0.617. The summed E-state index contributed by atoms with van der Waals surface area (Å²) in [5.41, 5.74) is 6.81. The van der Waals surface area contributed by atoms with Crippen molar-refractivity contribution in [2.45, 2.75) is 38.8 Å². The number of para-hydroxylation sites is 2. The van der Waals surface area contributed by atoms with Gasteiger partial charge in [0.2, 0.25) is 5.91 Å². The predicted octanol–water partition coefficient (Wildman–Crippen LogP) is 2.78. The summed E-state index contributed by atoms with van der Waals surface area (Å²) in [6.45, 7) is 2.62. The van der Waals surface area contributed by atoms with Crippen LogP contribution in [0.25, 0.3) is 11.0 Å². The molecule has 1 heterocycles. The Kier molecular flexibility index (Phi) is 5.93. The van der Waals surface area contributed by atoms with Crippen molar-refractivity contribution in [1.82, 2.24) is 14.5 Å². The van der Waals surface area contributed by atoms with Crippen LogP contribution in [0.4, 0.5) is 4.79 Å². The number of fused-ring (bicyclic) bond motifs is 1. The van der Waals surface area contributed by atoms with E-state index in [0.29, 0.717) is 23.1 Å². The number of hydrogen-bond donors (Lipinski definition) is 2. The number of carbonyl (C=O) groups is 2. The molecule has 0 fully saturated rings. The van der Waals surface area contributed by atoms with E-state index in [1.54, 1.807) is 47.0 Å². The van der Waals surface area contributed by atoms with Crippen molar-refractivity contribution in [2.24, 2.45) is 5.73 Å². The first-order valence-corrected chi connectivity index (χ1v) is 9.40. The van der Waals surface area contributed by atoms with Gasteiger partial charge in [0.15, 0.2) is 0 Å². The molecule has 1 atom stereocenters. The van der Waals surface area contributed by atoms with Crippen LogP contribution in [0.2, 0.25) is 0 Å². The van der Waals surface area contributed by atoms with Gasteiger partial charge >= 0.3 is 11.7 Å². The van der Waals surface area contributed by atoms with Crippen molar-refractivity contribution >= 4 is 23.0 Å². The number of nitrogens with one attached hydrogen (secondary N) is 1. The number of imidazole rings is 1. The molecule has 0 unspecified atom stereocenters. The summed E-state index contributed by atoms with van der Waals surface area (Å²) in [5.74, 6) is -0.695. The van der Waals surface area contributed by atoms with Gasteiger partial charge in [-0.1, -0.05) is 62.2 Å². The molecule has 3 N–H and O–H groups in total.